The molecule has 2 aromatic carbocycles. The number of benzene rings is 2. The Morgan fingerprint density at radius 3 is 2.41 bits per heavy atom. The number of para-hydroxylation sites is 1. The van der Waals surface area contributed by atoms with Gasteiger partial charge in [0.05, 0.1) is 25.1 Å². The van der Waals surface area contributed by atoms with E-state index in [1.807, 2.05) is 47.4 Å². The average Bonchev–Trinajstić information content (AvgIpc) is 3.30. The molecule has 2 N–H and O–H groups in total. The minimum absolute atomic E-state index is 0. The Hall–Kier alpha value is -2.43. The van der Waals surface area contributed by atoms with E-state index in [0.717, 1.165) is 56.6 Å². The zero-order valence-corrected chi connectivity index (χ0v) is 20.7. The number of aromatic nitrogens is 2. The number of rotatable bonds is 7. The number of halogens is 1. The molecule has 1 aromatic heterocycles. The van der Waals surface area contributed by atoms with Crippen LogP contribution >= 0.6 is 24.0 Å². The van der Waals surface area contributed by atoms with Gasteiger partial charge in [-0.2, -0.15) is 5.10 Å². The fraction of sp³-hybridized carbons (Fsp3) is 0.333. The van der Waals surface area contributed by atoms with E-state index in [1.54, 1.807) is 7.05 Å². The fourth-order valence-corrected chi connectivity index (χ4v) is 3.64. The first kappa shape index (κ1) is 24.2. The van der Waals surface area contributed by atoms with E-state index in [9.17, 15) is 0 Å². The standard InChI is InChI=1S/C24H30N6O.HI/c1-25-24(26-15-20-16-28-30(18-20)23-9-3-2-4-10-23)27-17-21-7-5-6-8-22(21)19-29-11-13-31-14-12-29;/h2-10,16,18H,11-15,17,19H2,1H3,(H2,25,26,27);1H. The Labute approximate surface area is 206 Å². The van der Waals surface area contributed by atoms with Gasteiger partial charge >= 0.3 is 0 Å². The van der Waals surface area contributed by atoms with Crippen LogP contribution in [0.5, 0.6) is 0 Å². The molecule has 1 aliphatic rings. The van der Waals surface area contributed by atoms with E-state index in [0.29, 0.717) is 6.54 Å². The largest absolute Gasteiger partial charge is 0.379 e. The van der Waals surface area contributed by atoms with Gasteiger partial charge in [-0.25, -0.2) is 4.68 Å². The van der Waals surface area contributed by atoms with Gasteiger partial charge in [0, 0.05) is 51.5 Å². The molecule has 2 heterocycles. The fourth-order valence-electron chi connectivity index (χ4n) is 3.64. The Balaban J connectivity index is 0.00000289. The van der Waals surface area contributed by atoms with Crippen molar-refractivity contribution < 1.29 is 4.74 Å². The number of nitrogens with one attached hydrogen (secondary N) is 2. The van der Waals surface area contributed by atoms with Crippen LogP contribution in [-0.2, 0) is 24.4 Å². The van der Waals surface area contributed by atoms with Crippen LogP contribution in [0.25, 0.3) is 5.69 Å². The van der Waals surface area contributed by atoms with Crippen LogP contribution in [0.15, 0.2) is 72.0 Å². The van der Waals surface area contributed by atoms with Crippen molar-refractivity contribution >= 4 is 29.9 Å². The van der Waals surface area contributed by atoms with Gasteiger partial charge in [0.2, 0.25) is 0 Å². The molecule has 1 aliphatic heterocycles. The number of nitrogens with zero attached hydrogens (tertiary/aromatic N) is 4. The van der Waals surface area contributed by atoms with E-state index in [2.05, 4.69) is 49.9 Å². The SMILES string of the molecule is CN=C(NCc1cnn(-c2ccccc2)c1)NCc1ccccc1CN1CCOCC1.I. The predicted molar refractivity (Wildman–Crippen MR) is 139 cm³/mol. The lowest BCUT2D eigenvalue weighted by atomic mass is 10.1. The van der Waals surface area contributed by atoms with Crippen LogP contribution in [-0.4, -0.2) is 54.0 Å². The van der Waals surface area contributed by atoms with Gasteiger partial charge in [-0.05, 0) is 23.3 Å². The van der Waals surface area contributed by atoms with E-state index < -0.39 is 0 Å². The summed E-state index contributed by atoms with van der Waals surface area (Å²) in [6.07, 6.45) is 3.91. The van der Waals surface area contributed by atoms with Gasteiger partial charge in [0.15, 0.2) is 5.96 Å². The monoisotopic (exact) mass is 546 g/mol. The number of hydrogen-bond donors (Lipinski definition) is 2. The first-order chi connectivity index (χ1) is 15.3. The first-order valence-corrected chi connectivity index (χ1v) is 10.7. The van der Waals surface area contributed by atoms with Crippen molar-refractivity contribution in [2.75, 3.05) is 33.4 Å². The lowest BCUT2D eigenvalue weighted by Gasteiger charge is -2.27. The van der Waals surface area contributed by atoms with Crippen LogP contribution in [0.3, 0.4) is 0 Å². The summed E-state index contributed by atoms with van der Waals surface area (Å²) in [5.74, 6) is 0.772. The van der Waals surface area contributed by atoms with Crippen molar-refractivity contribution in [2.45, 2.75) is 19.6 Å². The normalized spacial score (nSPS) is 14.6. The van der Waals surface area contributed by atoms with Gasteiger partial charge < -0.3 is 15.4 Å². The van der Waals surface area contributed by atoms with Crippen LogP contribution in [0.1, 0.15) is 16.7 Å². The molecule has 0 bridgehead atoms. The molecule has 7 nitrogen and oxygen atoms in total. The summed E-state index contributed by atoms with van der Waals surface area (Å²) in [6, 6.07) is 18.7. The summed E-state index contributed by atoms with van der Waals surface area (Å²) in [7, 11) is 1.79. The number of guanidine groups is 1. The van der Waals surface area contributed by atoms with Crippen LogP contribution in [0.4, 0.5) is 0 Å². The van der Waals surface area contributed by atoms with E-state index >= 15 is 0 Å². The molecule has 0 saturated carbocycles. The van der Waals surface area contributed by atoms with E-state index in [4.69, 9.17) is 4.74 Å². The highest BCUT2D eigenvalue weighted by molar-refractivity contribution is 14.0. The van der Waals surface area contributed by atoms with Crippen LogP contribution in [0.2, 0.25) is 0 Å². The maximum Gasteiger partial charge on any atom is 0.191 e. The Kier molecular flexibility index (Phi) is 9.51. The summed E-state index contributed by atoms with van der Waals surface area (Å²) in [6.45, 7) is 5.94. The smallest absolute Gasteiger partial charge is 0.191 e. The summed E-state index contributed by atoms with van der Waals surface area (Å²) in [5.41, 5.74) is 4.78. The molecule has 32 heavy (non-hydrogen) atoms. The number of ether oxygens (including phenoxy) is 1. The van der Waals surface area contributed by atoms with Crippen molar-refractivity contribution in [3.05, 3.63) is 83.7 Å². The molecule has 170 valence electrons. The second kappa shape index (κ2) is 12.6. The molecule has 0 amide bonds. The number of hydrogen-bond acceptors (Lipinski definition) is 4. The molecule has 0 unspecified atom stereocenters. The number of morpholine rings is 1. The van der Waals surface area contributed by atoms with Crippen molar-refractivity contribution in [2.24, 2.45) is 4.99 Å². The Morgan fingerprint density at radius 2 is 1.66 bits per heavy atom. The maximum atomic E-state index is 5.47. The topological polar surface area (TPSA) is 66.7 Å². The average molecular weight is 546 g/mol. The third-order valence-electron chi connectivity index (χ3n) is 5.40. The molecule has 3 aromatic rings. The lowest BCUT2D eigenvalue weighted by Crippen LogP contribution is -2.37. The second-order valence-electron chi connectivity index (χ2n) is 7.57. The molecule has 1 saturated heterocycles. The molecule has 0 radical (unpaired) electrons. The minimum atomic E-state index is 0. The summed E-state index contributed by atoms with van der Waals surface area (Å²) < 4.78 is 7.35. The lowest BCUT2D eigenvalue weighted by molar-refractivity contribution is 0.0341. The highest BCUT2D eigenvalue weighted by Gasteiger charge is 2.13. The van der Waals surface area contributed by atoms with Crippen LogP contribution < -0.4 is 10.6 Å². The number of aliphatic imine (C=N–C) groups is 1. The Bertz CT molecular complexity index is 985. The molecule has 0 aliphatic carbocycles. The molecule has 0 spiro atoms. The highest BCUT2D eigenvalue weighted by Crippen LogP contribution is 2.13. The molecule has 0 atom stereocenters. The molecule has 1 fully saturated rings. The maximum absolute atomic E-state index is 5.47. The van der Waals surface area contributed by atoms with E-state index in [-0.39, 0.29) is 24.0 Å². The predicted octanol–water partition coefficient (Wildman–Crippen LogP) is 3.19. The van der Waals surface area contributed by atoms with E-state index in [1.165, 1.54) is 11.1 Å². The highest BCUT2D eigenvalue weighted by atomic mass is 127. The first-order valence-electron chi connectivity index (χ1n) is 10.7. The van der Waals surface area contributed by atoms with Gasteiger partial charge in [0.25, 0.3) is 0 Å². The van der Waals surface area contributed by atoms with Gasteiger partial charge in [-0.1, -0.05) is 42.5 Å². The van der Waals surface area contributed by atoms with Crippen molar-refractivity contribution in [3.8, 4) is 5.69 Å². The summed E-state index contributed by atoms with van der Waals surface area (Å²) in [4.78, 5) is 6.81. The van der Waals surface area contributed by atoms with Crippen LogP contribution in [0, 0.1) is 0 Å². The zero-order chi connectivity index (χ0) is 21.3. The van der Waals surface area contributed by atoms with Gasteiger partial charge in [-0.15, -0.1) is 24.0 Å². The summed E-state index contributed by atoms with van der Waals surface area (Å²) in [5, 5.41) is 11.3. The third kappa shape index (κ3) is 6.78. The third-order valence-corrected chi connectivity index (χ3v) is 5.40. The quantitative estimate of drug-likeness (QED) is 0.271. The second-order valence-corrected chi connectivity index (χ2v) is 7.57. The molecular weight excluding hydrogens is 515 g/mol. The minimum Gasteiger partial charge on any atom is -0.379 e. The molecule has 4 rings (SSSR count). The van der Waals surface area contributed by atoms with Crippen molar-refractivity contribution in [1.82, 2.24) is 25.3 Å². The van der Waals surface area contributed by atoms with Gasteiger partial charge in [0.1, 0.15) is 0 Å². The van der Waals surface area contributed by atoms with Crippen molar-refractivity contribution in [1.29, 1.82) is 0 Å². The summed E-state index contributed by atoms with van der Waals surface area (Å²) >= 11 is 0. The molecular formula is C24H31IN6O. The van der Waals surface area contributed by atoms with Crippen molar-refractivity contribution in [3.63, 3.8) is 0 Å². The zero-order valence-electron chi connectivity index (χ0n) is 18.4. The van der Waals surface area contributed by atoms with Gasteiger partial charge in [-0.3, -0.25) is 9.89 Å². The molecule has 8 heteroatoms. The Morgan fingerprint density at radius 1 is 0.969 bits per heavy atom.